The molecule has 1 rings (SSSR count). The van der Waals surface area contributed by atoms with Crippen molar-refractivity contribution in [3.05, 3.63) is 0 Å². The molecule has 72 valence electrons. The lowest BCUT2D eigenvalue weighted by Crippen LogP contribution is -2.47. The monoisotopic (exact) mass is 195 g/mol. The fourth-order valence-electron chi connectivity index (χ4n) is 1.06. The van der Waals surface area contributed by atoms with Crippen LogP contribution in [0.25, 0.3) is 0 Å². The molecule has 0 aromatic heterocycles. The number of ether oxygens (including phenoxy) is 2. The summed E-state index contributed by atoms with van der Waals surface area (Å²) in [6, 6.07) is 0. The predicted octanol–water partition coefficient (Wildman–Crippen LogP) is -0.0419. The highest BCUT2D eigenvalue weighted by Gasteiger charge is 2.25. The molecule has 1 unspecified atom stereocenters. The number of esters is 1. The van der Waals surface area contributed by atoms with Crippen LogP contribution < -0.4 is 5.32 Å². The Morgan fingerprint density at radius 1 is 1.58 bits per heavy atom. The number of carbonyl (C=O) groups is 1. The van der Waals surface area contributed by atoms with Gasteiger partial charge in [0.1, 0.15) is 0 Å². The first kappa shape index (κ1) is 11.7. The van der Waals surface area contributed by atoms with Crippen LogP contribution in [0.1, 0.15) is 6.92 Å². The van der Waals surface area contributed by atoms with Crippen molar-refractivity contribution in [2.45, 2.75) is 19.1 Å². The number of halogens is 1. The quantitative estimate of drug-likeness (QED) is 0.597. The molecule has 0 aliphatic carbocycles. The second-order valence-corrected chi connectivity index (χ2v) is 2.62. The van der Waals surface area contributed by atoms with Crippen LogP contribution in [-0.2, 0) is 14.3 Å². The molecule has 0 saturated carbocycles. The summed E-state index contributed by atoms with van der Waals surface area (Å²) >= 11 is 0. The van der Waals surface area contributed by atoms with Gasteiger partial charge < -0.3 is 14.8 Å². The Morgan fingerprint density at radius 2 is 2.25 bits per heavy atom. The maximum atomic E-state index is 10.9. The largest absolute Gasteiger partial charge is 0.467 e. The highest BCUT2D eigenvalue weighted by atomic mass is 35.5. The molecule has 0 aromatic rings. The number of carbonyl (C=O) groups excluding carboxylic acids is 1. The van der Waals surface area contributed by atoms with E-state index in [9.17, 15) is 4.79 Å². The van der Waals surface area contributed by atoms with E-state index in [4.69, 9.17) is 4.74 Å². The highest BCUT2D eigenvalue weighted by Crippen LogP contribution is 2.03. The fourth-order valence-corrected chi connectivity index (χ4v) is 1.06. The summed E-state index contributed by atoms with van der Waals surface area (Å²) in [6.07, 6.45) is -0.336. The van der Waals surface area contributed by atoms with E-state index in [1.807, 2.05) is 6.92 Å². The van der Waals surface area contributed by atoms with Crippen LogP contribution in [-0.4, -0.2) is 38.4 Å². The summed E-state index contributed by atoms with van der Waals surface area (Å²) in [4.78, 5) is 10.9. The number of morpholine rings is 1. The third kappa shape index (κ3) is 2.97. The molecule has 2 atom stereocenters. The number of nitrogens with one attached hydrogen (secondary N) is 1. The van der Waals surface area contributed by atoms with Gasteiger partial charge in [0.15, 0.2) is 6.10 Å². The zero-order valence-corrected chi connectivity index (χ0v) is 8.02. The predicted molar refractivity (Wildman–Crippen MR) is 46.5 cm³/mol. The van der Waals surface area contributed by atoms with E-state index in [0.717, 1.165) is 6.54 Å². The van der Waals surface area contributed by atoms with Gasteiger partial charge in [-0.3, -0.25) is 0 Å². The topological polar surface area (TPSA) is 47.6 Å². The van der Waals surface area contributed by atoms with E-state index in [0.29, 0.717) is 6.54 Å². The molecule has 1 heterocycles. The second-order valence-electron chi connectivity index (χ2n) is 2.62. The van der Waals surface area contributed by atoms with E-state index in [1.165, 1.54) is 7.11 Å². The van der Waals surface area contributed by atoms with Crippen molar-refractivity contribution >= 4 is 18.4 Å². The van der Waals surface area contributed by atoms with Crippen molar-refractivity contribution in [3.63, 3.8) is 0 Å². The molecule has 0 bridgehead atoms. The normalized spacial score (nSPS) is 28.8. The van der Waals surface area contributed by atoms with Gasteiger partial charge in [0.2, 0.25) is 0 Å². The second kappa shape index (κ2) is 5.35. The maximum absolute atomic E-state index is 10.9. The minimum atomic E-state index is -0.427. The lowest BCUT2D eigenvalue weighted by atomic mass is 10.2. The Labute approximate surface area is 78.0 Å². The average Bonchev–Trinajstić information content (AvgIpc) is 2.03. The zero-order valence-electron chi connectivity index (χ0n) is 7.20. The zero-order chi connectivity index (χ0) is 8.27. The Kier molecular flexibility index (Phi) is 5.20. The SMILES string of the molecule is COC(=O)C1CNC[C@H](C)O1.Cl. The van der Waals surface area contributed by atoms with Gasteiger partial charge in [-0.2, -0.15) is 0 Å². The standard InChI is InChI=1S/C7H13NO3.ClH/c1-5-3-8-4-6(11-5)7(9)10-2;/h5-6,8H,3-4H2,1-2H3;1H/t5-,6?;/m0./s1. The number of methoxy groups -OCH3 is 1. The smallest absolute Gasteiger partial charge is 0.336 e. The van der Waals surface area contributed by atoms with Crippen LogP contribution in [0.3, 0.4) is 0 Å². The van der Waals surface area contributed by atoms with Gasteiger partial charge in [-0.1, -0.05) is 0 Å². The highest BCUT2D eigenvalue weighted by molar-refractivity contribution is 5.85. The molecule has 1 fully saturated rings. The van der Waals surface area contributed by atoms with Crippen molar-refractivity contribution in [1.29, 1.82) is 0 Å². The van der Waals surface area contributed by atoms with Crippen molar-refractivity contribution < 1.29 is 14.3 Å². The van der Waals surface area contributed by atoms with Gasteiger partial charge >= 0.3 is 5.97 Å². The van der Waals surface area contributed by atoms with Crippen LogP contribution in [0.5, 0.6) is 0 Å². The van der Waals surface area contributed by atoms with Gasteiger partial charge in [0.05, 0.1) is 13.2 Å². The van der Waals surface area contributed by atoms with Gasteiger partial charge in [-0.15, -0.1) is 12.4 Å². The third-order valence-corrected chi connectivity index (χ3v) is 1.62. The lowest BCUT2D eigenvalue weighted by Gasteiger charge is -2.26. The average molecular weight is 196 g/mol. The molecule has 12 heavy (non-hydrogen) atoms. The summed E-state index contributed by atoms with van der Waals surface area (Å²) in [5, 5.41) is 3.07. The van der Waals surface area contributed by atoms with E-state index < -0.39 is 6.10 Å². The van der Waals surface area contributed by atoms with Crippen LogP contribution >= 0.6 is 12.4 Å². The van der Waals surface area contributed by atoms with E-state index in [2.05, 4.69) is 10.1 Å². The molecule has 1 N–H and O–H groups in total. The summed E-state index contributed by atoms with van der Waals surface area (Å²) in [6.45, 7) is 3.27. The lowest BCUT2D eigenvalue weighted by molar-refractivity contribution is -0.159. The molecule has 5 heteroatoms. The molecule has 1 aliphatic heterocycles. The van der Waals surface area contributed by atoms with Gasteiger partial charge in [-0.05, 0) is 6.92 Å². The van der Waals surface area contributed by atoms with Crippen molar-refractivity contribution in [2.75, 3.05) is 20.2 Å². The Morgan fingerprint density at radius 3 is 2.75 bits per heavy atom. The number of hydrogen-bond acceptors (Lipinski definition) is 4. The summed E-state index contributed by atoms with van der Waals surface area (Å²) in [7, 11) is 1.37. The molecule has 0 aromatic carbocycles. The molecule has 1 saturated heterocycles. The van der Waals surface area contributed by atoms with Crippen LogP contribution in [0.2, 0.25) is 0 Å². The minimum absolute atomic E-state index is 0. The summed E-state index contributed by atoms with van der Waals surface area (Å²) in [5.74, 6) is -0.302. The summed E-state index contributed by atoms with van der Waals surface area (Å²) in [5.41, 5.74) is 0. The molecule has 0 radical (unpaired) electrons. The Balaban J connectivity index is 0.00000121. The van der Waals surface area contributed by atoms with E-state index >= 15 is 0 Å². The van der Waals surface area contributed by atoms with Crippen LogP contribution in [0.15, 0.2) is 0 Å². The third-order valence-electron chi connectivity index (χ3n) is 1.62. The molecule has 1 aliphatic rings. The van der Waals surface area contributed by atoms with Gasteiger partial charge in [-0.25, -0.2) is 4.79 Å². The maximum Gasteiger partial charge on any atom is 0.336 e. The molecule has 0 amide bonds. The molecular weight excluding hydrogens is 182 g/mol. The van der Waals surface area contributed by atoms with E-state index in [1.54, 1.807) is 0 Å². The first-order valence-electron chi connectivity index (χ1n) is 3.68. The first-order valence-corrected chi connectivity index (χ1v) is 3.68. The fraction of sp³-hybridized carbons (Fsp3) is 0.857. The van der Waals surface area contributed by atoms with Crippen LogP contribution in [0.4, 0.5) is 0 Å². The first-order chi connectivity index (χ1) is 5.24. The van der Waals surface area contributed by atoms with E-state index in [-0.39, 0.29) is 24.5 Å². The number of hydrogen-bond donors (Lipinski definition) is 1. The van der Waals surface area contributed by atoms with Gasteiger partial charge in [0, 0.05) is 13.1 Å². The molecule has 4 nitrogen and oxygen atoms in total. The molecule has 0 spiro atoms. The Bertz CT molecular complexity index is 154. The van der Waals surface area contributed by atoms with Gasteiger partial charge in [0.25, 0.3) is 0 Å². The minimum Gasteiger partial charge on any atom is -0.467 e. The van der Waals surface area contributed by atoms with Crippen LogP contribution in [0, 0.1) is 0 Å². The summed E-state index contributed by atoms with van der Waals surface area (Å²) < 4.78 is 9.84. The van der Waals surface area contributed by atoms with Crippen molar-refractivity contribution in [1.82, 2.24) is 5.32 Å². The number of rotatable bonds is 1. The van der Waals surface area contributed by atoms with Crippen molar-refractivity contribution in [2.24, 2.45) is 0 Å². The Hall–Kier alpha value is -0.320. The van der Waals surface area contributed by atoms with Crippen molar-refractivity contribution in [3.8, 4) is 0 Å². The molecular formula is C7H14ClNO3.